The van der Waals surface area contributed by atoms with E-state index in [1.54, 1.807) is 12.1 Å². The molecule has 2 aromatic rings. The SMILES string of the molecule is CCC[C@H](C(=O)O)[C@H](Cc1ccc(Cl)cc1)c1nn[nH]n1. The third kappa shape index (κ3) is 4.01. The maximum atomic E-state index is 11.6. The molecule has 112 valence electrons. The zero-order valence-corrected chi connectivity index (χ0v) is 12.4. The number of halogens is 1. The second-order valence-corrected chi connectivity index (χ2v) is 5.38. The van der Waals surface area contributed by atoms with E-state index in [1.807, 2.05) is 19.1 Å². The molecule has 0 amide bonds. The van der Waals surface area contributed by atoms with Crippen LogP contribution in [0.4, 0.5) is 0 Å². The summed E-state index contributed by atoms with van der Waals surface area (Å²) in [5.41, 5.74) is 0.997. The van der Waals surface area contributed by atoms with Crippen LogP contribution in [0.1, 0.15) is 37.1 Å². The summed E-state index contributed by atoms with van der Waals surface area (Å²) in [5.74, 6) is -1.25. The largest absolute Gasteiger partial charge is 0.481 e. The van der Waals surface area contributed by atoms with Gasteiger partial charge >= 0.3 is 5.97 Å². The first-order valence-corrected chi connectivity index (χ1v) is 7.20. The molecule has 2 rings (SSSR count). The van der Waals surface area contributed by atoms with Gasteiger partial charge in [0.15, 0.2) is 5.82 Å². The van der Waals surface area contributed by atoms with Gasteiger partial charge in [0.05, 0.1) is 5.92 Å². The highest BCUT2D eigenvalue weighted by Gasteiger charge is 2.31. The van der Waals surface area contributed by atoms with Crippen LogP contribution in [0.15, 0.2) is 24.3 Å². The van der Waals surface area contributed by atoms with Crippen molar-refractivity contribution in [2.75, 3.05) is 0 Å². The van der Waals surface area contributed by atoms with E-state index >= 15 is 0 Å². The minimum Gasteiger partial charge on any atom is -0.481 e. The lowest BCUT2D eigenvalue weighted by atomic mass is 9.83. The summed E-state index contributed by atoms with van der Waals surface area (Å²) in [6.45, 7) is 1.96. The monoisotopic (exact) mass is 308 g/mol. The number of hydrogen-bond donors (Lipinski definition) is 2. The Bertz CT molecular complexity index is 571. The van der Waals surface area contributed by atoms with Crippen LogP contribution >= 0.6 is 11.6 Å². The Morgan fingerprint density at radius 1 is 1.38 bits per heavy atom. The molecule has 1 aromatic heterocycles. The van der Waals surface area contributed by atoms with E-state index in [0.29, 0.717) is 23.7 Å². The highest BCUT2D eigenvalue weighted by molar-refractivity contribution is 6.30. The van der Waals surface area contributed by atoms with Crippen LogP contribution < -0.4 is 0 Å². The summed E-state index contributed by atoms with van der Waals surface area (Å²) >= 11 is 5.88. The number of aromatic amines is 1. The molecule has 0 unspecified atom stereocenters. The van der Waals surface area contributed by atoms with Crippen LogP contribution in [0.3, 0.4) is 0 Å². The van der Waals surface area contributed by atoms with E-state index in [4.69, 9.17) is 11.6 Å². The number of aliphatic carboxylic acids is 1. The van der Waals surface area contributed by atoms with E-state index in [9.17, 15) is 9.90 Å². The molecule has 1 aromatic carbocycles. The molecule has 0 aliphatic carbocycles. The standard InChI is InChI=1S/C14H17ClN4O2/c1-2-3-11(14(20)21)12(13-16-18-19-17-13)8-9-4-6-10(15)7-5-9/h4-7,11-12H,2-3,8H2,1H3,(H,20,21)(H,16,17,18,19)/t11-,12-/m0/s1. The third-order valence-electron chi connectivity index (χ3n) is 3.46. The van der Waals surface area contributed by atoms with Crippen molar-refractivity contribution in [2.45, 2.75) is 32.1 Å². The fourth-order valence-electron chi connectivity index (χ4n) is 2.42. The van der Waals surface area contributed by atoms with Gasteiger partial charge in [0.25, 0.3) is 0 Å². The van der Waals surface area contributed by atoms with E-state index in [2.05, 4.69) is 20.6 Å². The first-order chi connectivity index (χ1) is 10.1. The zero-order valence-electron chi connectivity index (χ0n) is 11.7. The van der Waals surface area contributed by atoms with Gasteiger partial charge in [-0.1, -0.05) is 42.3 Å². The molecule has 0 bridgehead atoms. The first-order valence-electron chi connectivity index (χ1n) is 6.82. The molecular formula is C14H17ClN4O2. The number of carbonyl (C=O) groups is 1. The minimum absolute atomic E-state index is 0.317. The van der Waals surface area contributed by atoms with Gasteiger partial charge in [-0.2, -0.15) is 5.21 Å². The highest BCUT2D eigenvalue weighted by atomic mass is 35.5. The maximum Gasteiger partial charge on any atom is 0.307 e. The summed E-state index contributed by atoms with van der Waals surface area (Å²) in [7, 11) is 0. The van der Waals surface area contributed by atoms with Gasteiger partial charge in [0.2, 0.25) is 0 Å². The van der Waals surface area contributed by atoms with E-state index in [1.165, 1.54) is 0 Å². The topological polar surface area (TPSA) is 91.8 Å². The van der Waals surface area contributed by atoms with Crippen molar-refractivity contribution in [2.24, 2.45) is 5.92 Å². The highest BCUT2D eigenvalue weighted by Crippen LogP contribution is 2.30. The molecule has 0 spiro atoms. The van der Waals surface area contributed by atoms with Crippen molar-refractivity contribution < 1.29 is 9.90 Å². The van der Waals surface area contributed by atoms with Crippen molar-refractivity contribution in [3.63, 3.8) is 0 Å². The molecule has 7 heteroatoms. The Hall–Kier alpha value is -1.95. The Morgan fingerprint density at radius 2 is 2.10 bits per heavy atom. The fourth-order valence-corrected chi connectivity index (χ4v) is 2.55. The average molecular weight is 309 g/mol. The van der Waals surface area contributed by atoms with Crippen LogP contribution in [0.2, 0.25) is 5.02 Å². The van der Waals surface area contributed by atoms with Crippen molar-refractivity contribution in [1.29, 1.82) is 0 Å². The van der Waals surface area contributed by atoms with Gasteiger partial charge < -0.3 is 5.11 Å². The average Bonchev–Trinajstić information content (AvgIpc) is 2.98. The molecular weight excluding hydrogens is 292 g/mol. The maximum absolute atomic E-state index is 11.6. The number of nitrogens with one attached hydrogen (secondary N) is 1. The lowest BCUT2D eigenvalue weighted by Crippen LogP contribution is -2.25. The molecule has 2 N–H and O–H groups in total. The van der Waals surface area contributed by atoms with Gasteiger partial charge in [0.1, 0.15) is 0 Å². The third-order valence-corrected chi connectivity index (χ3v) is 3.72. The second kappa shape index (κ2) is 7.17. The van der Waals surface area contributed by atoms with E-state index in [0.717, 1.165) is 12.0 Å². The van der Waals surface area contributed by atoms with Gasteiger partial charge in [-0.05, 0) is 30.5 Å². The molecule has 6 nitrogen and oxygen atoms in total. The number of benzene rings is 1. The quantitative estimate of drug-likeness (QED) is 0.820. The molecule has 0 aliphatic heterocycles. The molecule has 0 saturated heterocycles. The Morgan fingerprint density at radius 3 is 2.62 bits per heavy atom. The number of aromatic nitrogens is 4. The second-order valence-electron chi connectivity index (χ2n) is 4.94. The van der Waals surface area contributed by atoms with E-state index in [-0.39, 0.29) is 5.92 Å². The minimum atomic E-state index is -0.833. The van der Waals surface area contributed by atoms with Crippen LogP contribution in [0.25, 0.3) is 0 Å². The number of nitrogens with zero attached hydrogens (tertiary/aromatic N) is 3. The zero-order chi connectivity index (χ0) is 15.2. The Labute approximate surface area is 127 Å². The number of H-pyrrole nitrogens is 1. The fraction of sp³-hybridized carbons (Fsp3) is 0.429. The number of tetrazole rings is 1. The van der Waals surface area contributed by atoms with Gasteiger partial charge in [-0.3, -0.25) is 4.79 Å². The first kappa shape index (κ1) is 15.4. The van der Waals surface area contributed by atoms with Crippen molar-refractivity contribution in [3.05, 3.63) is 40.7 Å². The lowest BCUT2D eigenvalue weighted by molar-refractivity contribution is -0.142. The van der Waals surface area contributed by atoms with Crippen LogP contribution in [-0.4, -0.2) is 31.7 Å². The lowest BCUT2D eigenvalue weighted by Gasteiger charge is -2.21. The van der Waals surface area contributed by atoms with Crippen LogP contribution in [-0.2, 0) is 11.2 Å². The molecule has 0 radical (unpaired) electrons. The molecule has 0 aliphatic rings. The van der Waals surface area contributed by atoms with Crippen molar-refractivity contribution in [1.82, 2.24) is 20.6 Å². The molecule has 1 heterocycles. The van der Waals surface area contributed by atoms with Crippen molar-refractivity contribution >= 4 is 17.6 Å². The predicted octanol–water partition coefficient (Wildman–Crippen LogP) is 2.68. The van der Waals surface area contributed by atoms with Crippen LogP contribution in [0.5, 0.6) is 0 Å². The van der Waals surface area contributed by atoms with Crippen molar-refractivity contribution in [3.8, 4) is 0 Å². The summed E-state index contributed by atoms with van der Waals surface area (Å²) in [4.78, 5) is 11.6. The Kier molecular flexibility index (Phi) is 5.27. The molecule has 0 fully saturated rings. The molecule has 0 saturated carbocycles. The normalized spacial score (nSPS) is 13.8. The number of carboxylic acid groups (broad SMARTS) is 1. The smallest absolute Gasteiger partial charge is 0.307 e. The predicted molar refractivity (Wildman–Crippen MR) is 78.1 cm³/mol. The molecule has 21 heavy (non-hydrogen) atoms. The van der Waals surface area contributed by atoms with Gasteiger partial charge in [-0.15, -0.1) is 10.2 Å². The summed E-state index contributed by atoms with van der Waals surface area (Å²) < 4.78 is 0. The van der Waals surface area contributed by atoms with Gasteiger partial charge in [0, 0.05) is 10.9 Å². The van der Waals surface area contributed by atoms with E-state index < -0.39 is 11.9 Å². The van der Waals surface area contributed by atoms with Crippen LogP contribution in [0, 0.1) is 5.92 Å². The number of hydrogen-bond acceptors (Lipinski definition) is 4. The van der Waals surface area contributed by atoms with Gasteiger partial charge in [-0.25, -0.2) is 0 Å². The molecule has 2 atom stereocenters. The Balaban J connectivity index is 2.27. The summed E-state index contributed by atoms with van der Waals surface area (Å²) in [6.07, 6.45) is 1.89. The number of rotatable bonds is 7. The summed E-state index contributed by atoms with van der Waals surface area (Å²) in [6, 6.07) is 7.36. The number of carboxylic acids is 1. The summed E-state index contributed by atoms with van der Waals surface area (Å²) in [5, 5.41) is 24.0.